The number of para-hydroxylation sites is 1. The Morgan fingerprint density at radius 3 is 2.48 bits per heavy atom. The molecule has 0 aliphatic carbocycles. The molecule has 2 aromatic carbocycles. The summed E-state index contributed by atoms with van der Waals surface area (Å²) >= 11 is 1.54. The molecule has 29 heavy (non-hydrogen) atoms. The maximum atomic E-state index is 13.1. The van der Waals surface area contributed by atoms with Crippen LogP contribution in [0.25, 0.3) is 11.3 Å². The van der Waals surface area contributed by atoms with Gasteiger partial charge in [-0.1, -0.05) is 12.1 Å². The molecule has 1 aromatic heterocycles. The summed E-state index contributed by atoms with van der Waals surface area (Å²) in [6, 6.07) is 12.8. The Kier molecular flexibility index (Phi) is 5.56. The molecule has 1 aliphatic rings. The molecule has 1 aliphatic heterocycles. The van der Waals surface area contributed by atoms with E-state index in [2.05, 4.69) is 4.90 Å². The topological polar surface area (TPSA) is 59.5 Å². The van der Waals surface area contributed by atoms with Crippen molar-refractivity contribution in [1.82, 2.24) is 4.98 Å². The molecule has 0 bridgehead atoms. The molecule has 1 saturated heterocycles. The van der Waals surface area contributed by atoms with Crippen LogP contribution in [0.2, 0.25) is 0 Å². The lowest BCUT2D eigenvalue weighted by Gasteiger charge is -2.31. The molecule has 2 heterocycles. The highest BCUT2D eigenvalue weighted by atomic mass is 32.2. The van der Waals surface area contributed by atoms with Crippen molar-refractivity contribution in [3.05, 3.63) is 59.7 Å². The minimum Gasteiger partial charge on any atom is -0.496 e. The zero-order valence-electron chi connectivity index (χ0n) is 15.9. The average molecular weight is 433 g/mol. The van der Waals surface area contributed by atoms with Gasteiger partial charge < -0.3 is 9.64 Å². The molecular weight excluding hydrogens is 411 g/mol. The summed E-state index contributed by atoms with van der Waals surface area (Å²) in [7, 11) is -1.82. The van der Waals surface area contributed by atoms with Crippen LogP contribution >= 0.6 is 11.3 Å². The summed E-state index contributed by atoms with van der Waals surface area (Å²) in [5.41, 5.74) is 1.79. The summed E-state index contributed by atoms with van der Waals surface area (Å²) < 4.78 is 44.2. The number of nitrogens with zero attached hydrogens (tertiary/aromatic N) is 2. The Morgan fingerprint density at radius 1 is 1.10 bits per heavy atom. The molecular formula is C21H21FN2O3S2. The van der Waals surface area contributed by atoms with Crippen molar-refractivity contribution in [2.24, 2.45) is 0 Å². The van der Waals surface area contributed by atoms with Gasteiger partial charge in [0, 0.05) is 24.0 Å². The fourth-order valence-corrected chi connectivity index (χ4v) is 6.17. The van der Waals surface area contributed by atoms with Gasteiger partial charge in [0.05, 0.1) is 22.9 Å². The number of ether oxygens (including phenoxy) is 1. The molecule has 1 fully saturated rings. The first kappa shape index (κ1) is 19.8. The zero-order chi connectivity index (χ0) is 20.4. The van der Waals surface area contributed by atoms with E-state index in [1.165, 1.54) is 24.3 Å². The predicted octanol–water partition coefficient (Wildman–Crippen LogP) is 4.40. The van der Waals surface area contributed by atoms with Crippen molar-refractivity contribution in [3.8, 4) is 17.0 Å². The number of hydrogen-bond donors (Lipinski definition) is 0. The van der Waals surface area contributed by atoms with Gasteiger partial charge in [-0.2, -0.15) is 0 Å². The van der Waals surface area contributed by atoms with E-state index >= 15 is 0 Å². The Balaban J connectivity index is 1.46. The lowest BCUT2D eigenvalue weighted by Crippen LogP contribution is -2.39. The van der Waals surface area contributed by atoms with E-state index in [9.17, 15) is 12.8 Å². The minimum absolute atomic E-state index is 0.185. The van der Waals surface area contributed by atoms with E-state index in [0.717, 1.165) is 22.1 Å². The number of benzene rings is 2. The van der Waals surface area contributed by atoms with Crippen LogP contribution in [0.15, 0.2) is 58.8 Å². The highest BCUT2D eigenvalue weighted by molar-refractivity contribution is 7.92. The molecule has 4 rings (SSSR count). The summed E-state index contributed by atoms with van der Waals surface area (Å²) in [4.78, 5) is 7.05. The van der Waals surface area contributed by atoms with Gasteiger partial charge in [-0.15, -0.1) is 11.3 Å². The summed E-state index contributed by atoms with van der Waals surface area (Å²) in [5, 5.41) is 2.41. The number of halogens is 1. The monoisotopic (exact) mass is 432 g/mol. The molecule has 0 N–H and O–H groups in total. The maximum absolute atomic E-state index is 13.1. The largest absolute Gasteiger partial charge is 0.496 e. The van der Waals surface area contributed by atoms with Crippen LogP contribution in [0.5, 0.6) is 5.75 Å². The Bertz CT molecular complexity index is 1090. The zero-order valence-corrected chi connectivity index (χ0v) is 17.5. The van der Waals surface area contributed by atoms with Crippen molar-refractivity contribution in [3.63, 3.8) is 0 Å². The molecule has 0 radical (unpaired) electrons. The fourth-order valence-electron chi connectivity index (χ4n) is 3.56. The van der Waals surface area contributed by atoms with E-state index < -0.39 is 20.9 Å². The molecule has 152 valence electrons. The molecule has 0 amide bonds. The van der Waals surface area contributed by atoms with Crippen LogP contribution < -0.4 is 9.64 Å². The number of aromatic nitrogens is 1. The summed E-state index contributed by atoms with van der Waals surface area (Å²) in [6.45, 7) is 1.23. The SMILES string of the molecule is COc1ccccc1-c1csc(N2CCC(S(=O)(=O)c3ccc(F)cc3)CC2)n1. The molecule has 8 heteroatoms. The van der Waals surface area contributed by atoms with Crippen LogP contribution in [0.3, 0.4) is 0 Å². The fraction of sp³-hybridized carbons (Fsp3) is 0.286. The van der Waals surface area contributed by atoms with Crippen LogP contribution in [0.4, 0.5) is 9.52 Å². The van der Waals surface area contributed by atoms with Crippen molar-refractivity contribution in [1.29, 1.82) is 0 Å². The number of anilines is 1. The molecule has 5 nitrogen and oxygen atoms in total. The lowest BCUT2D eigenvalue weighted by molar-refractivity contribution is 0.416. The molecule has 0 atom stereocenters. The van der Waals surface area contributed by atoms with Crippen LogP contribution in [-0.2, 0) is 9.84 Å². The van der Waals surface area contributed by atoms with Gasteiger partial charge >= 0.3 is 0 Å². The third-order valence-electron chi connectivity index (χ3n) is 5.17. The second-order valence-electron chi connectivity index (χ2n) is 6.90. The second kappa shape index (κ2) is 8.12. The predicted molar refractivity (Wildman–Crippen MR) is 113 cm³/mol. The van der Waals surface area contributed by atoms with Gasteiger partial charge in [0.15, 0.2) is 15.0 Å². The third kappa shape index (κ3) is 4.00. The van der Waals surface area contributed by atoms with E-state index in [1.54, 1.807) is 18.4 Å². The highest BCUT2D eigenvalue weighted by Gasteiger charge is 2.32. The Labute approximate surface area is 173 Å². The number of rotatable bonds is 5. The maximum Gasteiger partial charge on any atom is 0.185 e. The smallest absolute Gasteiger partial charge is 0.185 e. The van der Waals surface area contributed by atoms with Gasteiger partial charge in [0.2, 0.25) is 0 Å². The van der Waals surface area contributed by atoms with Gasteiger partial charge in [-0.05, 0) is 49.2 Å². The standard InChI is InChI=1S/C21H21FN2O3S2/c1-27-20-5-3-2-4-18(20)19-14-28-21(23-19)24-12-10-17(11-13-24)29(25,26)16-8-6-15(22)7-9-16/h2-9,14,17H,10-13H2,1H3. The first-order valence-corrected chi connectivity index (χ1v) is 11.7. The van der Waals surface area contributed by atoms with Crippen LogP contribution in [0, 0.1) is 5.82 Å². The summed E-state index contributed by atoms with van der Waals surface area (Å²) in [5.74, 6) is 0.335. The number of piperidine rings is 1. The molecule has 0 spiro atoms. The quantitative estimate of drug-likeness (QED) is 0.559. The van der Waals surface area contributed by atoms with Crippen molar-refractivity contribution in [2.45, 2.75) is 23.0 Å². The number of methoxy groups -OCH3 is 1. The average Bonchev–Trinajstić information content (AvgIpc) is 3.24. The van der Waals surface area contributed by atoms with Gasteiger partial charge in [-0.3, -0.25) is 0 Å². The summed E-state index contributed by atoms with van der Waals surface area (Å²) in [6.07, 6.45) is 1.03. The minimum atomic E-state index is -3.46. The van der Waals surface area contributed by atoms with Crippen LogP contribution in [0.1, 0.15) is 12.8 Å². The number of sulfone groups is 1. The first-order chi connectivity index (χ1) is 14.0. The second-order valence-corrected chi connectivity index (χ2v) is 9.97. The van der Waals surface area contributed by atoms with E-state index in [-0.39, 0.29) is 4.90 Å². The third-order valence-corrected chi connectivity index (χ3v) is 8.35. The Hall–Kier alpha value is -2.45. The van der Waals surface area contributed by atoms with Gasteiger partial charge in [-0.25, -0.2) is 17.8 Å². The molecule has 0 unspecified atom stereocenters. The van der Waals surface area contributed by atoms with Gasteiger partial charge in [0.25, 0.3) is 0 Å². The van der Waals surface area contributed by atoms with Crippen molar-refractivity contribution in [2.75, 3.05) is 25.1 Å². The van der Waals surface area contributed by atoms with Gasteiger partial charge in [0.1, 0.15) is 11.6 Å². The van der Waals surface area contributed by atoms with Crippen molar-refractivity contribution >= 4 is 26.3 Å². The molecule has 0 saturated carbocycles. The molecule has 3 aromatic rings. The van der Waals surface area contributed by atoms with E-state index in [1.807, 2.05) is 29.6 Å². The normalized spacial score (nSPS) is 15.4. The lowest BCUT2D eigenvalue weighted by atomic mass is 10.1. The number of hydrogen-bond acceptors (Lipinski definition) is 6. The van der Waals surface area contributed by atoms with Crippen molar-refractivity contribution < 1.29 is 17.5 Å². The first-order valence-electron chi connectivity index (χ1n) is 9.32. The Morgan fingerprint density at radius 2 is 1.79 bits per heavy atom. The van der Waals surface area contributed by atoms with Crippen LogP contribution in [-0.4, -0.2) is 38.9 Å². The van der Waals surface area contributed by atoms with E-state index in [4.69, 9.17) is 9.72 Å². The number of thiazole rings is 1. The van der Waals surface area contributed by atoms with E-state index in [0.29, 0.717) is 25.9 Å². The highest BCUT2D eigenvalue weighted by Crippen LogP contribution is 2.35.